The highest BCUT2D eigenvalue weighted by atomic mass is 14.9. The van der Waals surface area contributed by atoms with Crippen molar-refractivity contribution in [3.63, 3.8) is 0 Å². The predicted molar refractivity (Wildman–Crippen MR) is 225 cm³/mol. The van der Waals surface area contributed by atoms with E-state index in [0.717, 1.165) is 100.0 Å². The maximum atomic E-state index is 5.20. The van der Waals surface area contributed by atoms with Crippen LogP contribution in [-0.2, 0) is 0 Å². The molecule has 0 bridgehead atoms. The molecule has 0 radical (unpaired) electrons. The molecule has 4 heterocycles. The molecule has 10 aromatic rings. The number of benzene rings is 6. The average molecular weight is 704 g/mol. The van der Waals surface area contributed by atoms with E-state index < -0.39 is 0 Å². The molecule has 0 spiro atoms. The highest BCUT2D eigenvalue weighted by Gasteiger charge is 2.16. The molecule has 0 aliphatic heterocycles. The fraction of sp³-hybridized carbons (Fsp3) is 0.0200. The van der Waals surface area contributed by atoms with Gasteiger partial charge in [-0.05, 0) is 53.9 Å². The molecule has 0 aliphatic carbocycles. The number of hydrogen-bond acceptors (Lipinski definition) is 5. The molecule has 0 aliphatic rings. The SMILES string of the molecule is Cc1ccc2ccc3c(-c4ccc(-c5nc(-c6ccccc6)cc(-c6cccc(-c7cccc8cccnc78)c6)n5)cc4)cc(-c4ccccc4)nc3c2n1. The Morgan fingerprint density at radius 1 is 0.345 bits per heavy atom. The summed E-state index contributed by atoms with van der Waals surface area (Å²) in [7, 11) is 0. The molecular weight excluding hydrogens is 671 g/mol. The van der Waals surface area contributed by atoms with Gasteiger partial charge in [0.05, 0.1) is 33.6 Å². The third kappa shape index (κ3) is 6.08. The summed E-state index contributed by atoms with van der Waals surface area (Å²) in [5, 5.41) is 3.24. The number of para-hydroxylation sites is 1. The van der Waals surface area contributed by atoms with Crippen LogP contribution in [0.5, 0.6) is 0 Å². The monoisotopic (exact) mass is 703 g/mol. The normalized spacial score (nSPS) is 11.4. The van der Waals surface area contributed by atoms with E-state index in [0.29, 0.717) is 5.82 Å². The van der Waals surface area contributed by atoms with Gasteiger partial charge >= 0.3 is 0 Å². The largest absolute Gasteiger partial charge is 0.256 e. The number of hydrogen-bond donors (Lipinski definition) is 0. The van der Waals surface area contributed by atoms with Crippen molar-refractivity contribution in [3.8, 4) is 67.4 Å². The van der Waals surface area contributed by atoms with Crippen LogP contribution in [0.1, 0.15) is 5.69 Å². The molecule has 0 fully saturated rings. The fourth-order valence-electron chi connectivity index (χ4n) is 7.43. The van der Waals surface area contributed by atoms with Crippen LogP contribution in [-0.4, -0.2) is 24.9 Å². The van der Waals surface area contributed by atoms with Crippen molar-refractivity contribution in [2.45, 2.75) is 6.92 Å². The Labute approximate surface area is 318 Å². The van der Waals surface area contributed by atoms with E-state index in [-0.39, 0.29) is 0 Å². The van der Waals surface area contributed by atoms with Crippen LogP contribution in [0.2, 0.25) is 0 Å². The van der Waals surface area contributed by atoms with Gasteiger partial charge in [-0.1, -0.05) is 146 Å². The van der Waals surface area contributed by atoms with Gasteiger partial charge in [-0.2, -0.15) is 0 Å². The van der Waals surface area contributed by atoms with Crippen molar-refractivity contribution in [2.75, 3.05) is 0 Å². The summed E-state index contributed by atoms with van der Waals surface area (Å²) >= 11 is 0. The van der Waals surface area contributed by atoms with Crippen molar-refractivity contribution in [1.82, 2.24) is 24.9 Å². The number of pyridine rings is 3. The predicted octanol–water partition coefficient (Wildman–Crippen LogP) is 12.4. The highest BCUT2D eigenvalue weighted by Crippen LogP contribution is 2.37. The lowest BCUT2D eigenvalue weighted by Gasteiger charge is -2.13. The summed E-state index contributed by atoms with van der Waals surface area (Å²) in [4.78, 5) is 25.2. The first-order valence-electron chi connectivity index (χ1n) is 18.4. The zero-order valence-electron chi connectivity index (χ0n) is 30.1. The lowest BCUT2D eigenvalue weighted by Crippen LogP contribution is -1.96. The number of fused-ring (bicyclic) bond motifs is 4. The van der Waals surface area contributed by atoms with Gasteiger partial charge in [0, 0.05) is 55.9 Å². The Kier molecular flexibility index (Phi) is 7.96. The second-order valence-corrected chi connectivity index (χ2v) is 13.8. The molecule has 5 nitrogen and oxygen atoms in total. The third-order valence-electron chi connectivity index (χ3n) is 10.2. The second-order valence-electron chi connectivity index (χ2n) is 13.8. The maximum absolute atomic E-state index is 5.20. The molecule has 5 heteroatoms. The first kappa shape index (κ1) is 32.3. The summed E-state index contributed by atoms with van der Waals surface area (Å²) < 4.78 is 0. The first-order valence-corrected chi connectivity index (χ1v) is 18.4. The molecule has 0 saturated carbocycles. The van der Waals surface area contributed by atoms with Crippen molar-refractivity contribution < 1.29 is 0 Å². The van der Waals surface area contributed by atoms with E-state index >= 15 is 0 Å². The van der Waals surface area contributed by atoms with Crippen molar-refractivity contribution >= 4 is 32.7 Å². The van der Waals surface area contributed by atoms with Gasteiger partial charge < -0.3 is 0 Å². The molecule has 0 unspecified atom stereocenters. The summed E-state index contributed by atoms with van der Waals surface area (Å²) in [5.74, 6) is 0.662. The molecule has 258 valence electrons. The minimum absolute atomic E-state index is 0.662. The minimum Gasteiger partial charge on any atom is -0.256 e. The van der Waals surface area contributed by atoms with Crippen LogP contribution in [0.15, 0.2) is 182 Å². The topological polar surface area (TPSA) is 64.5 Å². The van der Waals surface area contributed by atoms with E-state index in [9.17, 15) is 0 Å². The molecule has 0 amide bonds. The van der Waals surface area contributed by atoms with Crippen LogP contribution in [0.25, 0.3) is 100 Å². The quantitative estimate of drug-likeness (QED) is 0.161. The van der Waals surface area contributed by atoms with E-state index in [1.165, 1.54) is 0 Å². The van der Waals surface area contributed by atoms with Gasteiger partial charge in [0.1, 0.15) is 0 Å². The third-order valence-corrected chi connectivity index (χ3v) is 10.2. The second kappa shape index (κ2) is 13.6. The van der Waals surface area contributed by atoms with Crippen LogP contribution in [0.3, 0.4) is 0 Å². The molecule has 10 rings (SSSR count). The minimum atomic E-state index is 0.662. The van der Waals surface area contributed by atoms with Gasteiger partial charge in [-0.25, -0.2) is 15.0 Å². The molecular formula is C50H33N5. The van der Waals surface area contributed by atoms with Crippen LogP contribution < -0.4 is 0 Å². The van der Waals surface area contributed by atoms with Crippen LogP contribution in [0, 0.1) is 6.92 Å². The van der Waals surface area contributed by atoms with Gasteiger partial charge in [0.15, 0.2) is 5.82 Å². The van der Waals surface area contributed by atoms with Gasteiger partial charge in [0.25, 0.3) is 0 Å². The Balaban J connectivity index is 1.10. The van der Waals surface area contributed by atoms with E-state index in [2.05, 4.69) is 140 Å². The Hall–Kier alpha value is -7.37. The molecule has 6 aromatic carbocycles. The zero-order chi connectivity index (χ0) is 36.7. The first-order chi connectivity index (χ1) is 27.1. The number of rotatable bonds is 6. The summed E-state index contributed by atoms with van der Waals surface area (Å²) in [5.41, 5.74) is 14.8. The Morgan fingerprint density at radius 3 is 1.75 bits per heavy atom. The average Bonchev–Trinajstić information content (AvgIpc) is 3.26. The van der Waals surface area contributed by atoms with Gasteiger partial charge in [-0.15, -0.1) is 0 Å². The fourth-order valence-corrected chi connectivity index (χ4v) is 7.43. The smallest absolute Gasteiger partial charge is 0.160 e. The standard InChI is InChI=1S/C50H33N5/c1-32-20-21-37-26-27-42-43(30-44(34-11-4-2-5-12-34)53-49(42)48(37)52-32)33-22-24-38(25-23-33)50-54-45(35-13-6-3-7-14-35)31-46(55-50)40-17-8-16-39(29-40)41-19-9-15-36-18-10-28-51-47(36)41/h2-31H,1H3. The van der Waals surface area contributed by atoms with Gasteiger partial charge in [-0.3, -0.25) is 9.97 Å². The van der Waals surface area contributed by atoms with E-state index in [1.54, 1.807) is 0 Å². The molecule has 55 heavy (non-hydrogen) atoms. The Bertz CT molecular complexity index is 3030. The van der Waals surface area contributed by atoms with E-state index in [1.807, 2.05) is 49.5 Å². The maximum Gasteiger partial charge on any atom is 0.160 e. The van der Waals surface area contributed by atoms with Gasteiger partial charge in [0.2, 0.25) is 0 Å². The summed E-state index contributed by atoms with van der Waals surface area (Å²) in [6.45, 7) is 2.03. The Morgan fingerprint density at radius 2 is 0.964 bits per heavy atom. The molecule has 0 atom stereocenters. The highest BCUT2D eigenvalue weighted by molar-refractivity contribution is 6.09. The lowest BCUT2D eigenvalue weighted by molar-refractivity contribution is 1.18. The van der Waals surface area contributed by atoms with Crippen LogP contribution in [0.4, 0.5) is 0 Å². The van der Waals surface area contributed by atoms with Crippen molar-refractivity contribution in [2.24, 2.45) is 0 Å². The molecule has 4 aromatic heterocycles. The number of aryl methyl sites for hydroxylation is 1. The zero-order valence-corrected chi connectivity index (χ0v) is 30.1. The summed E-state index contributed by atoms with van der Waals surface area (Å²) in [6, 6.07) is 60.9. The van der Waals surface area contributed by atoms with Crippen molar-refractivity contribution in [3.05, 3.63) is 188 Å². The molecule has 0 N–H and O–H groups in total. The number of aromatic nitrogens is 5. The van der Waals surface area contributed by atoms with Crippen molar-refractivity contribution in [1.29, 1.82) is 0 Å². The molecule has 0 saturated heterocycles. The van der Waals surface area contributed by atoms with E-state index in [4.69, 9.17) is 24.9 Å². The van der Waals surface area contributed by atoms with Crippen LogP contribution >= 0.6 is 0 Å². The number of nitrogens with zero attached hydrogens (tertiary/aromatic N) is 5. The summed E-state index contributed by atoms with van der Waals surface area (Å²) in [6.07, 6.45) is 1.85. The lowest BCUT2D eigenvalue weighted by atomic mass is 9.96.